The highest BCUT2D eigenvalue weighted by atomic mass is 32.2. The average Bonchev–Trinajstić information content (AvgIpc) is 3.80. The number of anilines is 1. The summed E-state index contributed by atoms with van der Waals surface area (Å²) < 4.78 is 16.0. The molecule has 5 heterocycles. The first-order valence-corrected chi connectivity index (χ1v) is 16.2. The summed E-state index contributed by atoms with van der Waals surface area (Å²) in [6, 6.07) is 8.58. The third kappa shape index (κ3) is 5.86. The van der Waals surface area contributed by atoms with Crippen molar-refractivity contribution in [2.75, 3.05) is 37.3 Å². The molecule has 47 heavy (non-hydrogen) atoms. The molecule has 3 aliphatic heterocycles. The molecule has 0 bridgehead atoms. The van der Waals surface area contributed by atoms with Crippen molar-refractivity contribution in [3.8, 4) is 16.9 Å². The van der Waals surface area contributed by atoms with Crippen LogP contribution in [0.2, 0.25) is 0 Å². The maximum atomic E-state index is 14.2. The van der Waals surface area contributed by atoms with Crippen molar-refractivity contribution in [2.24, 2.45) is 0 Å². The number of aliphatic hydroxyl groups excluding tert-OH is 2. The van der Waals surface area contributed by atoms with E-state index in [0.29, 0.717) is 48.7 Å². The van der Waals surface area contributed by atoms with Gasteiger partial charge in [0.25, 0.3) is 5.91 Å². The maximum Gasteiger partial charge on any atom is 0.278 e. The van der Waals surface area contributed by atoms with Crippen LogP contribution >= 0.6 is 11.9 Å². The summed E-state index contributed by atoms with van der Waals surface area (Å²) in [5.41, 5.74) is 5.80. The minimum Gasteiger partial charge on any atom is -0.505 e. The second-order valence-electron chi connectivity index (χ2n) is 11.6. The van der Waals surface area contributed by atoms with Gasteiger partial charge in [-0.15, -0.1) is 0 Å². The summed E-state index contributed by atoms with van der Waals surface area (Å²) in [5.74, 6) is -0.266. The molecule has 244 valence electrons. The van der Waals surface area contributed by atoms with Gasteiger partial charge in [-0.1, -0.05) is 31.0 Å². The molecule has 0 spiro atoms. The minimum absolute atomic E-state index is 0.210. The molecule has 7 rings (SSSR count). The van der Waals surface area contributed by atoms with E-state index in [9.17, 15) is 24.5 Å². The van der Waals surface area contributed by atoms with Crippen LogP contribution < -0.4 is 15.5 Å². The van der Waals surface area contributed by atoms with Crippen molar-refractivity contribution in [3.63, 3.8) is 0 Å². The number of halogens is 1. The van der Waals surface area contributed by atoms with E-state index in [1.807, 2.05) is 43.1 Å². The SMILES string of the molecule is CCc1cc(O)c(F)cc1-c1ccc2c(C3NC4=C(CN(C(=O)c5cnc(N(C)CCN6SCC(O)C6O)cn5)C=C4)N3)[nH]nc2c1. The van der Waals surface area contributed by atoms with Crippen molar-refractivity contribution < 1.29 is 24.5 Å². The summed E-state index contributed by atoms with van der Waals surface area (Å²) in [6.07, 6.45) is 5.24. The van der Waals surface area contributed by atoms with Gasteiger partial charge in [0, 0.05) is 37.5 Å². The molecule has 4 aromatic rings. The van der Waals surface area contributed by atoms with Crippen LogP contribution in [0.5, 0.6) is 5.75 Å². The Morgan fingerprint density at radius 3 is 2.77 bits per heavy atom. The molecule has 6 N–H and O–H groups in total. The van der Waals surface area contributed by atoms with Gasteiger partial charge in [0.2, 0.25) is 0 Å². The predicted octanol–water partition coefficient (Wildman–Crippen LogP) is 2.58. The number of aromatic nitrogens is 4. The van der Waals surface area contributed by atoms with Crippen molar-refractivity contribution in [2.45, 2.75) is 31.8 Å². The number of aryl methyl sites for hydroxylation is 1. The van der Waals surface area contributed by atoms with Gasteiger partial charge < -0.3 is 35.8 Å². The molecule has 3 aliphatic rings. The quantitative estimate of drug-likeness (QED) is 0.153. The molecule has 15 heteroatoms. The van der Waals surface area contributed by atoms with Gasteiger partial charge in [0.1, 0.15) is 30.0 Å². The third-order valence-electron chi connectivity index (χ3n) is 8.65. The number of nitrogens with zero attached hydrogens (tertiary/aromatic N) is 6. The number of allylic oxidation sites excluding steroid dienone is 1. The summed E-state index contributed by atoms with van der Waals surface area (Å²) >= 11 is 1.40. The second-order valence-corrected chi connectivity index (χ2v) is 12.7. The highest BCUT2D eigenvalue weighted by Gasteiger charge is 2.32. The first-order valence-electron chi connectivity index (χ1n) is 15.2. The van der Waals surface area contributed by atoms with Crippen LogP contribution in [-0.2, 0) is 6.42 Å². The lowest BCUT2D eigenvalue weighted by Crippen LogP contribution is -2.37. The van der Waals surface area contributed by atoms with Gasteiger partial charge in [-0.25, -0.2) is 18.7 Å². The fraction of sp³-hybridized carbons (Fsp3) is 0.312. The zero-order valence-corrected chi connectivity index (χ0v) is 26.5. The van der Waals surface area contributed by atoms with Gasteiger partial charge in [-0.05, 0) is 47.4 Å². The number of carbonyl (C=O) groups excluding carboxylic acids is 1. The first kappa shape index (κ1) is 30.9. The number of H-pyrrole nitrogens is 1. The van der Waals surface area contributed by atoms with Crippen molar-refractivity contribution in [1.82, 2.24) is 40.0 Å². The smallest absolute Gasteiger partial charge is 0.278 e. The number of aliphatic hydroxyl groups is 2. The summed E-state index contributed by atoms with van der Waals surface area (Å²) in [7, 11) is 1.85. The normalized spacial score (nSPS) is 20.9. The van der Waals surface area contributed by atoms with E-state index in [-0.39, 0.29) is 23.5 Å². The molecule has 13 nitrogen and oxygen atoms in total. The Bertz CT molecular complexity index is 1900. The van der Waals surface area contributed by atoms with Crippen LogP contribution in [0.15, 0.2) is 66.4 Å². The van der Waals surface area contributed by atoms with Gasteiger partial charge in [0.05, 0.1) is 41.5 Å². The van der Waals surface area contributed by atoms with E-state index in [1.165, 1.54) is 30.3 Å². The molecule has 2 aromatic heterocycles. The number of phenolic OH excluding ortho intramolecular Hbond substituents is 1. The monoisotopic (exact) mass is 659 g/mol. The predicted molar refractivity (Wildman–Crippen MR) is 175 cm³/mol. The first-order chi connectivity index (χ1) is 22.7. The Labute approximate surface area is 273 Å². The van der Waals surface area contributed by atoms with E-state index in [4.69, 9.17) is 0 Å². The summed E-state index contributed by atoms with van der Waals surface area (Å²) in [6.45, 7) is 3.34. The van der Waals surface area contributed by atoms with E-state index in [2.05, 4.69) is 30.8 Å². The Morgan fingerprint density at radius 2 is 2.02 bits per heavy atom. The molecule has 2 aromatic carbocycles. The van der Waals surface area contributed by atoms with Crippen LogP contribution in [0.4, 0.5) is 10.2 Å². The maximum absolute atomic E-state index is 14.2. The largest absolute Gasteiger partial charge is 0.505 e. The summed E-state index contributed by atoms with van der Waals surface area (Å²) in [4.78, 5) is 25.6. The number of fused-ring (bicyclic) bond motifs is 1. The van der Waals surface area contributed by atoms with Crippen molar-refractivity contribution in [3.05, 3.63) is 89.2 Å². The number of rotatable bonds is 8. The van der Waals surface area contributed by atoms with Gasteiger partial charge in [-0.2, -0.15) is 5.10 Å². The molecule has 0 radical (unpaired) electrons. The number of benzene rings is 2. The molecule has 1 fully saturated rings. The van der Waals surface area contributed by atoms with Crippen molar-refractivity contribution >= 4 is 34.6 Å². The molecule has 1 amide bonds. The highest BCUT2D eigenvalue weighted by Crippen LogP contribution is 2.34. The minimum atomic E-state index is -0.889. The number of hydrogen-bond acceptors (Lipinski definition) is 12. The van der Waals surface area contributed by atoms with Crippen LogP contribution in [0.1, 0.15) is 34.8 Å². The van der Waals surface area contributed by atoms with E-state index < -0.39 is 18.1 Å². The number of phenols is 1. The molecular formula is C32H34FN9O4S. The molecular weight excluding hydrogens is 625 g/mol. The number of likely N-dealkylation sites (N-methyl/N-ethyl adjacent to an activating group) is 1. The molecule has 3 atom stereocenters. The lowest BCUT2D eigenvalue weighted by molar-refractivity contribution is -0.0165. The molecule has 1 saturated heterocycles. The van der Waals surface area contributed by atoms with Gasteiger partial charge >= 0.3 is 0 Å². The lowest BCUT2D eigenvalue weighted by Gasteiger charge is -2.24. The van der Waals surface area contributed by atoms with Gasteiger partial charge in [-0.3, -0.25) is 9.89 Å². The van der Waals surface area contributed by atoms with Gasteiger partial charge in [0.15, 0.2) is 11.6 Å². The van der Waals surface area contributed by atoms with E-state index in [0.717, 1.165) is 33.6 Å². The van der Waals surface area contributed by atoms with E-state index in [1.54, 1.807) is 21.6 Å². The number of carbonyl (C=O) groups is 1. The van der Waals surface area contributed by atoms with Crippen molar-refractivity contribution in [1.29, 1.82) is 0 Å². The Kier molecular flexibility index (Phi) is 8.21. The Balaban J connectivity index is 0.988. The third-order valence-corrected chi connectivity index (χ3v) is 9.87. The number of hydrogen-bond donors (Lipinski definition) is 6. The van der Waals surface area contributed by atoms with E-state index >= 15 is 0 Å². The van der Waals surface area contributed by atoms with Crippen LogP contribution in [-0.4, -0.2) is 95.4 Å². The number of amides is 1. The van der Waals surface area contributed by atoms with Crippen LogP contribution in [0, 0.1) is 5.82 Å². The zero-order chi connectivity index (χ0) is 32.8. The Hall–Kier alpha value is -4.70. The average molecular weight is 660 g/mol. The summed E-state index contributed by atoms with van der Waals surface area (Å²) in [5, 5.41) is 45.0. The van der Waals surface area contributed by atoms with Crippen LogP contribution in [0.3, 0.4) is 0 Å². The fourth-order valence-corrected chi connectivity index (χ4v) is 6.95. The molecule has 0 saturated carbocycles. The number of nitrogens with one attached hydrogen (secondary N) is 3. The highest BCUT2D eigenvalue weighted by molar-refractivity contribution is 7.97. The fourth-order valence-electron chi connectivity index (χ4n) is 5.93. The molecule has 3 unspecified atom stereocenters. The lowest BCUT2D eigenvalue weighted by atomic mass is 9.96. The Morgan fingerprint density at radius 1 is 1.17 bits per heavy atom. The van der Waals surface area contributed by atoms with Crippen LogP contribution in [0.25, 0.3) is 22.0 Å². The topological polar surface area (TPSA) is 166 Å². The number of aromatic hydroxyl groups is 1. The molecule has 0 aliphatic carbocycles. The zero-order valence-electron chi connectivity index (χ0n) is 25.7. The number of aromatic amines is 1. The second kappa shape index (κ2) is 12.5. The standard InChI is InChI=1S/C32H34FN9O4S/c1-3-17-11-26(43)21(33)12-20(17)18-4-5-19-23(10-18)38-39-29(19)30-36-22-6-7-41(15-25(22)37-30)31(45)24-13-35-28(14-34-24)40(2)8-9-42-32(46)27(44)16-47-42/h4-7,10-14,27,30,32,36-37,43-44,46H,3,8-9,15-16H2,1-2H3,(H,38,39).